The van der Waals surface area contributed by atoms with E-state index in [1.54, 1.807) is 0 Å². The van der Waals surface area contributed by atoms with Crippen LogP contribution in [0, 0.1) is 0 Å². The molecule has 22 rings (SSSR count). The maximum Gasteiger partial charge on any atom is 0.187 e. The molecule has 12 bridgehead atoms. The second-order valence-corrected chi connectivity index (χ2v) is 25.6. The highest BCUT2D eigenvalue weighted by Crippen LogP contribution is 2.43. The van der Waals surface area contributed by atoms with Gasteiger partial charge in [-0.2, -0.15) is 0 Å². The monoisotopic (exact) mass is 1360 g/mol. The van der Waals surface area contributed by atoms with Gasteiger partial charge in [0.25, 0.3) is 0 Å². The lowest BCUT2D eigenvalue weighted by Crippen LogP contribution is -2.70. The Kier molecular flexibility index (Phi) is 31.5. The van der Waals surface area contributed by atoms with Gasteiger partial charge in [-0.15, -0.1) is 0 Å². The molecule has 22 aliphatic heterocycles. The summed E-state index contributed by atoms with van der Waals surface area (Å²) in [5.41, 5.74) is 0. The quantitative estimate of drug-likeness (QED) is 0.128. The van der Waals surface area contributed by atoms with Crippen LogP contribution in [-0.2, 0) is 142 Å². The Balaban J connectivity index is 1.38. The minimum absolute atomic E-state index is 0.0439. The van der Waals surface area contributed by atoms with E-state index in [1.807, 2.05) is 0 Å². The van der Waals surface area contributed by atoms with Crippen LogP contribution in [0.1, 0.15) is 20.8 Å². The smallest absolute Gasteiger partial charge is 0.187 e. The molecule has 0 aliphatic carbocycles. The van der Waals surface area contributed by atoms with E-state index >= 15 is 0 Å². The van der Waals surface area contributed by atoms with Crippen LogP contribution in [0.25, 0.3) is 0 Å². The van der Waals surface area contributed by atoms with E-state index in [2.05, 4.69) is 0 Å². The number of ether oxygens (including phenoxy) is 27. The summed E-state index contributed by atoms with van der Waals surface area (Å²) in [6, 6.07) is 0. The molecule has 0 spiro atoms. The molecule has 90 heavy (non-hydrogen) atoms. The van der Waals surface area contributed by atoms with Crippen molar-refractivity contribution in [1.29, 1.82) is 0 Å². The van der Waals surface area contributed by atoms with E-state index in [-0.39, 0.29) is 52.4 Å². The minimum Gasteiger partial charge on any atom is -0.382 e. The lowest BCUT2D eigenvalue weighted by atomic mass is 9.94. The number of methoxy groups -OCH3 is 15. The van der Waals surface area contributed by atoms with Crippen molar-refractivity contribution in [2.45, 2.75) is 205 Å². The third-order valence-electron chi connectivity index (χ3n) is 16.9. The van der Waals surface area contributed by atoms with Crippen LogP contribution in [0.3, 0.4) is 0 Å². The van der Waals surface area contributed by atoms with Crippen molar-refractivity contribution < 1.29 is 142 Å². The zero-order chi connectivity index (χ0) is 65.5. The summed E-state index contributed by atoms with van der Waals surface area (Å²) in [6.45, 7) is 4.11. The van der Waals surface area contributed by atoms with Gasteiger partial charge in [0, 0.05) is 145 Å². The lowest BCUT2D eigenvalue weighted by molar-refractivity contribution is -0.406. The highest BCUT2D eigenvalue weighted by Gasteiger charge is 2.61. The molecule has 30 nitrogen and oxygen atoms in total. The van der Waals surface area contributed by atoms with Crippen molar-refractivity contribution in [3.05, 3.63) is 0 Å². The second kappa shape index (κ2) is 37.1. The average Bonchev–Trinajstić information content (AvgIpc) is 0.852. The second-order valence-electron chi connectivity index (χ2n) is 22.0. The number of thioether (sulfide) groups is 3. The summed E-state index contributed by atoms with van der Waals surface area (Å²) in [4.78, 5) is 38.5. The van der Waals surface area contributed by atoms with Crippen LogP contribution in [0.4, 0.5) is 0 Å². The van der Waals surface area contributed by atoms with Crippen LogP contribution in [0.2, 0.25) is 0 Å². The van der Waals surface area contributed by atoms with Crippen molar-refractivity contribution in [3.8, 4) is 0 Å². The van der Waals surface area contributed by atoms with Gasteiger partial charge in [-0.25, -0.2) is 0 Å². The predicted octanol–water partition coefficient (Wildman–Crippen LogP) is 0.619. The SMILES string of the molecule is COC[C@H]1O[C@@H]2O[C@H]3[C@H](OC)[C@@H](OC)[C@@H](O[C@H]4[C@H](OC)[C@@H](OC)[C@@H](O[C@H]5[C@H](OC)[C@@H](OC)[C@@H](O[C@H]6[C@H](OC)[C@@H](OC)[C@@H](O[C@H]7[C@H](OC)[C@@H](OC)[C@@H](O[C@H]1[C@H](OC)[C@H]2OC)O[C@@H]7CSC(C)=O)O[C@@H]6COC)O[C@@H]5CSC(C)=O)O[C@@H]4COC)O[C@@H]3CSC(C)=O. The molecule has 0 aromatic heterocycles. The summed E-state index contributed by atoms with van der Waals surface area (Å²) < 4.78 is 176. The van der Waals surface area contributed by atoms with E-state index in [9.17, 15) is 14.4 Å². The van der Waals surface area contributed by atoms with Crippen molar-refractivity contribution >= 4 is 50.6 Å². The normalized spacial score (nSPS) is 43.7. The van der Waals surface area contributed by atoms with Crippen molar-refractivity contribution in [2.24, 2.45) is 0 Å². The Morgan fingerprint density at radius 3 is 0.544 bits per heavy atom. The Morgan fingerprint density at radius 1 is 0.244 bits per heavy atom. The average molecular weight is 1360 g/mol. The number of carbonyl (C=O) groups excluding carboxylic acids is 3. The molecule has 0 aromatic carbocycles. The van der Waals surface area contributed by atoms with E-state index in [0.717, 1.165) is 35.3 Å². The predicted molar refractivity (Wildman–Crippen MR) is 316 cm³/mol. The highest BCUT2D eigenvalue weighted by atomic mass is 32.2. The van der Waals surface area contributed by atoms with E-state index in [0.29, 0.717) is 0 Å². The maximum atomic E-state index is 12.8. The first-order valence-electron chi connectivity index (χ1n) is 29.5. The van der Waals surface area contributed by atoms with Gasteiger partial charge in [0.05, 0.1) is 38.1 Å². The summed E-state index contributed by atoms with van der Waals surface area (Å²) in [7, 11) is 22.2. The fourth-order valence-electron chi connectivity index (χ4n) is 12.8. The molecule has 0 unspecified atom stereocenters. The standard InChI is InChI=1S/C57H96O30S3/c1-25(58)88-22-31-37-43(67-10)49(73-16)55(79-31)82-34-28(19-61-4)77-53(47(71-14)40(34)64-7)86-38-32(23-89-26(2)59)81-57(51(75-18)44(38)68-11)84-36-30(21-63-6)78-54(48(72-15)42(36)66-9)87-39-33(24-90-27(3)60)80-56(50(74-17)45(39)69-12)83-35-29(20-62-5)76-52(85-37)46(70-13)41(35)65-8/h28-57H,19-24H2,1-18H3/t28-,29-,30-,31-,32-,33-,34-,35-,36-,37-,38-,39-,40+,41+,42+,43+,44+,45+,46-,47-,48-,49-,50-,51-,52-,53-,54-,55-,56-,57-/m1/s1. The largest absolute Gasteiger partial charge is 0.382 e. The summed E-state index contributed by atoms with van der Waals surface area (Å²) in [5.74, 6) is 0.132. The van der Waals surface area contributed by atoms with Gasteiger partial charge >= 0.3 is 0 Å². The molecule has 22 heterocycles. The van der Waals surface area contributed by atoms with E-state index in [1.165, 1.54) is 127 Å². The fraction of sp³-hybridized carbons (Fsp3) is 0.947. The van der Waals surface area contributed by atoms with Crippen molar-refractivity contribution in [2.75, 3.05) is 144 Å². The van der Waals surface area contributed by atoms with E-state index < -0.39 is 184 Å². The highest BCUT2D eigenvalue weighted by molar-refractivity contribution is 8.14. The molecule has 522 valence electrons. The van der Waals surface area contributed by atoms with Crippen molar-refractivity contribution in [1.82, 2.24) is 0 Å². The Hall–Kier alpha value is -1.02. The number of hydrogen-bond donors (Lipinski definition) is 0. The molecule has 0 amide bonds. The Labute approximate surface area is 539 Å². The molecule has 0 aromatic rings. The maximum absolute atomic E-state index is 12.8. The minimum atomic E-state index is -1.27. The molecule has 22 fully saturated rings. The third kappa shape index (κ3) is 17.6. The third-order valence-corrected chi connectivity index (χ3v) is 19.6. The number of rotatable bonds is 24. The topological polar surface area (TPSA) is 300 Å². The molecule has 0 saturated carbocycles. The summed E-state index contributed by atoms with van der Waals surface area (Å²) in [6.07, 6.45) is -32.0. The Morgan fingerprint density at radius 2 is 0.400 bits per heavy atom. The van der Waals surface area contributed by atoms with Gasteiger partial charge in [-0.1, -0.05) is 35.3 Å². The molecule has 33 heteroatoms. The van der Waals surface area contributed by atoms with Gasteiger partial charge in [0.15, 0.2) is 53.1 Å². The molecule has 22 saturated heterocycles. The summed E-state index contributed by atoms with van der Waals surface area (Å²) in [5, 5.41) is -0.612. The van der Waals surface area contributed by atoms with Crippen LogP contribution in [0.5, 0.6) is 0 Å². The van der Waals surface area contributed by atoms with Gasteiger partial charge < -0.3 is 128 Å². The van der Waals surface area contributed by atoms with Crippen LogP contribution in [-0.4, -0.2) is 343 Å². The number of hydrogen-bond acceptors (Lipinski definition) is 33. The van der Waals surface area contributed by atoms with Crippen LogP contribution in [0.15, 0.2) is 0 Å². The Bertz CT molecular complexity index is 1920. The van der Waals surface area contributed by atoms with E-state index in [4.69, 9.17) is 128 Å². The van der Waals surface area contributed by atoms with Gasteiger partial charge in [-0.3, -0.25) is 14.4 Å². The first-order valence-corrected chi connectivity index (χ1v) is 32.5. The zero-order valence-electron chi connectivity index (χ0n) is 54.5. The van der Waals surface area contributed by atoms with Crippen LogP contribution >= 0.6 is 35.3 Å². The first kappa shape index (κ1) is 76.3. The molecule has 0 N–H and O–H groups in total. The molecular weight excluding hydrogens is 1260 g/mol. The van der Waals surface area contributed by atoms with Gasteiger partial charge in [0.2, 0.25) is 0 Å². The summed E-state index contributed by atoms with van der Waals surface area (Å²) >= 11 is 2.99. The molecular formula is C57H96O30S3. The zero-order valence-corrected chi connectivity index (χ0v) is 57.0. The molecule has 0 radical (unpaired) electrons. The number of carbonyl (C=O) groups is 3. The van der Waals surface area contributed by atoms with Crippen molar-refractivity contribution in [3.63, 3.8) is 0 Å². The molecule has 22 aliphatic rings. The van der Waals surface area contributed by atoms with Crippen LogP contribution < -0.4 is 0 Å². The van der Waals surface area contributed by atoms with Gasteiger partial charge in [0.1, 0.15) is 128 Å². The first-order chi connectivity index (χ1) is 43.4. The molecule has 30 atom stereocenters. The van der Waals surface area contributed by atoms with Gasteiger partial charge in [-0.05, 0) is 0 Å². The fourth-order valence-corrected chi connectivity index (χ4v) is 14.8. The lowest BCUT2D eigenvalue weighted by Gasteiger charge is -2.53.